The third-order valence-electron chi connectivity index (χ3n) is 2.27. The molecule has 2 aromatic rings. The summed E-state index contributed by atoms with van der Waals surface area (Å²) < 4.78 is 24.6. The van der Waals surface area contributed by atoms with Crippen LogP contribution in [-0.2, 0) is 10.0 Å². The van der Waals surface area contributed by atoms with Gasteiger partial charge in [-0.1, -0.05) is 12.1 Å². The van der Waals surface area contributed by atoms with Crippen LogP contribution in [0.2, 0.25) is 0 Å². The van der Waals surface area contributed by atoms with E-state index in [0.717, 1.165) is 22.4 Å². The van der Waals surface area contributed by atoms with Crippen LogP contribution in [-0.4, -0.2) is 19.7 Å². The fourth-order valence-electron chi connectivity index (χ4n) is 1.59. The smallest absolute Gasteiger partial charge is 0.229 e. The number of aromatic nitrogens is 1. The van der Waals surface area contributed by atoms with Gasteiger partial charge in [-0.3, -0.25) is 4.72 Å². The molecule has 0 aliphatic heterocycles. The third-order valence-corrected chi connectivity index (χ3v) is 3.68. The molecule has 0 spiro atoms. The number of aryl methyl sites for hydroxylation is 1. The molecule has 2 rings (SSSR count). The fraction of sp³-hybridized carbons (Fsp3) is 0.182. The molecule has 1 heterocycles. The lowest BCUT2D eigenvalue weighted by molar-refractivity contribution is 0.607. The summed E-state index contributed by atoms with van der Waals surface area (Å²) in [5.74, 6) is 0. The molecule has 0 amide bonds. The summed E-state index contributed by atoms with van der Waals surface area (Å²) in [6.45, 7) is 1.95. The molecule has 0 bridgehead atoms. The first kappa shape index (κ1) is 12.8. The lowest BCUT2D eigenvalue weighted by atomic mass is 10.1. The molecule has 0 atom stereocenters. The first-order valence-corrected chi connectivity index (χ1v) is 7.87. The van der Waals surface area contributed by atoms with E-state index >= 15 is 0 Å². The highest BCUT2D eigenvalue weighted by atomic mass is 32.2. The van der Waals surface area contributed by atoms with Crippen LogP contribution in [0.3, 0.4) is 0 Å². The van der Waals surface area contributed by atoms with Crippen molar-refractivity contribution in [3.8, 4) is 11.3 Å². The number of anilines is 2. The van der Waals surface area contributed by atoms with E-state index in [9.17, 15) is 8.42 Å². The van der Waals surface area contributed by atoms with Gasteiger partial charge in [-0.15, -0.1) is 11.3 Å². The Labute approximate surface area is 110 Å². The molecular weight excluding hydrogens is 270 g/mol. The molecule has 1 aromatic heterocycles. The number of rotatable bonds is 3. The van der Waals surface area contributed by atoms with Crippen LogP contribution >= 0.6 is 11.3 Å². The molecule has 18 heavy (non-hydrogen) atoms. The van der Waals surface area contributed by atoms with Crippen molar-refractivity contribution >= 4 is 32.2 Å². The second-order valence-corrected chi connectivity index (χ2v) is 6.89. The molecule has 0 aliphatic rings. The topological polar surface area (TPSA) is 85.1 Å². The molecule has 5 nitrogen and oxygen atoms in total. The molecule has 3 N–H and O–H groups in total. The zero-order valence-corrected chi connectivity index (χ0v) is 11.6. The second-order valence-electron chi connectivity index (χ2n) is 3.91. The summed E-state index contributed by atoms with van der Waals surface area (Å²) in [6.07, 6.45) is 1.12. The van der Waals surface area contributed by atoms with Gasteiger partial charge in [-0.25, -0.2) is 13.4 Å². The standard InChI is InChI=1S/C11H13N3O2S2/c1-7-10(13-11(12)17-7)8-3-5-9(6-4-8)14-18(2,15)16/h3-6,14H,1-2H3,(H2,12,13). The monoisotopic (exact) mass is 283 g/mol. The lowest BCUT2D eigenvalue weighted by Gasteiger charge is -2.04. The minimum Gasteiger partial charge on any atom is -0.375 e. The Balaban J connectivity index is 2.30. The Bertz CT molecular complexity index is 660. The van der Waals surface area contributed by atoms with Crippen LogP contribution in [0.1, 0.15) is 4.88 Å². The maximum Gasteiger partial charge on any atom is 0.229 e. The van der Waals surface area contributed by atoms with Gasteiger partial charge in [0.05, 0.1) is 11.9 Å². The Morgan fingerprint density at radius 1 is 1.28 bits per heavy atom. The van der Waals surface area contributed by atoms with Gasteiger partial charge in [0.1, 0.15) is 0 Å². The quantitative estimate of drug-likeness (QED) is 0.903. The van der Waals surface area contributed by atoms with E-state index in [1.165, 1.54) is 11.3 Å². The Morgan fingerprint density at radius 3 is 2.33 bits per heavy atom. The van der Waals surface area contributed by atoms with Gasteiger partial charge < -0.3 is 5.73 Å². The first-order valence-electron chi connectivity index (χ1n) is 5.16. The van der Waals surface area contributed by atoms with Crippen LogP contribution in [0.4, 0.5) is 10.8 Å². The third kappa shape index (κ3) is 2.99. The van der Waals surface area contributed by atoms with E-state index in [2.05, 4.69) is 9.71 Å². The maximum atomic E-state index is 11.1. The Morgan fingerprint density at radius 2 is 1.89 bits per heavy atom. The molecule has 0 unspecified atom stereocenters. The van der Waals surface area contributed by atoms with Gasteiger partial charge in [0, 0.05) is 16.1 Å². The largest absolute Gasteiger partial charge is 0.375 e. The van der Waals surface area contributed by atoms with E-state index in [0.29, 0.717) is 10.8 Å². The molecule has 1 aromatic carbocycles. The predicted octanol–water partition coefficient (Wildman–Crippen LogP) is 2.07. The van der Waals surface area contributed by atoms with Crippen LogP contribution < -0.4 is 10.5 Å². The highest BCUT2D eigenvalue weighted by molar-refractivity contribution is 7.92. The average molecular weight is 283 g/mol. The first-order chi connectivity index (χ1) is 8.35. The number of nitrogens with zero attached hydrogens (tertiary/aromatic N) is 1. The van der Waals surface area contributed by atoms with Crippen LogP contribution in [0.25, 0.3) is 11.3 Å². The summed E-state index contributed by atoms with van der Waals surface area (Å²) in [6, 6.07) is 7.03. The number of nitrogens with two attached hydrogens (primary N) is 1. The summed E-state index contributed by atoms with van der Waals surface area (Å²) in [7, 11) is -3.24. The van der Waals surface area contributed by atoms with E-state index in [-0.39, 0.29) is 0 Å². The highest BCUT2D eigenvalue weighted by Crippen LogP contribution is 2.29. The summed E-state index contributed by atoms with van der Waals surface area (Å²) in [5.41, 5.74) is 7.93. The number of nitrogens with one attached hydrogen (secondary N) is 1. The molecular formula is C11H13N3O2S2. The highest BCUT2D eigenvalue weighted by Gasteiger charge is 2.08. The molecule has 7 heteroatoms. The van der Waals surface area contributed by atoms with Crippen molar-refractivity contribution in [1.82, 2.24) is 4.98 Å². The van der Waals surface area contributed by atoms with Crippen molar-refractivity contribution in [2.24, 2.45) is 0 Å². The van der Waals surface area contributed by atoms with Crippen molar-refractivity contribution < 1.29 is 8.42 Å². The average Bonchev–Trinajstić information content (AvgIpc) is 2.57. The van der Waals surface area contributed by atoms with Crippen molar-refractivity contribution in [1.29, 1.82) is 0 Å². The lowest BCUT2D eigenvalue weighted by Crippen LogP contribution is -2.09. The zero-order valence-electron chi connectivity index (χ0n) is 9.97. The van der Waals surface area contributed by atoms with Crippen LogP contribution in [0.15, 0.2) is 24.3 Å². The van der Waals surface area contributed by atoms with E-state index in [1.54, 1.807) is 12.1 Å². The maximum absolute atomic E-state index is 11.1. The van der Waals surface area contributed by atoms with Gasteiger partial charge in [-0.05, 0) is 19.1 Å². The minimum atomic E-state index is -3.24. The van der Waals surface area contributed by atoms with Gasteiger partial charge in [0.25, 0.3) is 0 Å². The second kappa shape index (κ2) is 4.58. The van der Waals surface area contributed by atoms with Crippen molar-refractivity contribution in [2.75, 3.05) is 16.7 Å². The van der Waals surface area contributed by atoms with Crippen molar-refractivity contribution in [3.63, 3.8) is 0 Å². The van der Waals surface area contributed by atoms with Crippen molar-refractivity contribution in [2.45, 2.75) is 6.92 Å². The summed E-state index contributed by atoms with van der Waals surface area (Å²) in [5, 5.41) is 0.529. The van der Waals surface area contributed by atoms with E-state index in [1.807, 2.05) is 19.1 Å². The fourth-order valence-corrected chi connectivity index (χ4v) is 2.87. The minimum absolute atomic E-state index is 0.529. The van der Waals surface area contributed by atoms with Gasteiger partial charge in [-0.2, -0.15) is 0 Å². The van der Waals surface area contributed by atoms with Gasteiger partial charge in [0.15, 0.2) is 5.13 Å². The summed E-state index contributed by atoms with van der Waals surface area (Å²) >= 11 is 1.43. The number of benzene rings is 1. The Hall–Kier alpha value is -1.60. The zero-order chi connectivity index (χ0) is 13.3. The molecule has 0 saturated carbocycles. The van der Waals surface area contributed by atoms with Gasteiger partial charge in [0.2, 0.25) is 10.0 Å². The van der Waals surface area contributed by atoms with Crippen LogP contribution in [0, 0.1) is 6.92 Å². The molecule has 96 valence electrons. The molecule has 0 radical (unpaired) electrons. The number of sulfonamides is 1. The number of thiazole rings is 1. The number of nitrogen functional groups attached to an aromatic ring is 1. The normalized spacial score (nSPS) is 11.4. The molecule has 0 aliphatic carbocycles. The molecule has 0 fully saturated rings. The molecule has 0 saturated heterocycles. The van der Waals surface area contributed by atoms with Crippen molar-refractivity contribution in [3.05, 3.63) is 29.1 Å². The van der Waals surface area contributed by atoms with Crippen LogP contribution in [0.5, 0.6) is 0 Å². The van der Waals surface area contributed by atoms with E-state index < -0.39 is 10.0 Å². The predicted molar refractivity (Wildman–Crippen MR) is 75.2 cm³/mol. The Kier molecular flexibility index (Phi) is 3.27. The number of hydrogen-bond acceptors (Lipinski definition) is 5. The van der Waals surface area contributed by atoms with Gasteiger partial charge >= 0.3 is 0 Å². The SMILES string of the molecule is Cc1sc(N)nc1-c1ccc(NS(C)(=O)=O)cc1. The summed E-state index contributed by atoms with van der Waals surface area (Å²) in [4.78, 5) is 5.28. The number of hydrogen-bond donors (Lipinski definition) is 2. The van der Waals surface area contributed by atoms with E-state index in [4.69, 9.17) is 5.73 Å².